The van der Waals surface area contributed by atoms with Crippen LogP contribution in [-0.4, -0.2) is 70.8 Å². The summed E-state index contributed by atoms with van der Waals surface area (Å²) >= 11 is 0. The molecule has 7 heteroatoms. The Bertz CT molecular complexity index is 1480. The number of aliphatic hydroxyl groups excluding tert-OH is 1. The van der Waals surface area contributed by atoms with Gasteiger partial charge in [-0.1, -0.05) is 45.4 Å². The number of nitrogens with one attached hydrogen (secondary N) is 1. The molecule has 3 saturated carbocycles. The van der Waals surface area contributed by atoms with Crippen molar-refractivity contribution in [2.24, 2.45) is 33.5 Å². The number of allylic oxidation sites excluding steroid dienone is 7. The smallest absolute Gasteiger partial charge is 0.311 e. The van der Waals surface area contributed by atoms with Crippen molar-refractivity contribution in [3.05, 3.63) is 46.3 Å². The molecule has 5 fully saturated rings. The quantitative estimate of drug-likeness (QED) is 0.378. The standard InChI is InChI=1S/C38H53N3O4/c1-24-26-8-9-29-36(4,27(26)20-28(42)31(24)43)14-16-38(6)30-21-35(3,13-11-34(30,2)12-15-37(29,38)5)39-32(44)33(45)41-19-10-25(23-41)22-40-17-7-18-40/h8-9,20,25,30,43H,7,10-19,21-23H2,1-6H3,(H,39,44)/t25-,30?,34+,35+,36-,37+,38-/m0/s1. The predicted molar refractivity (Wildman–Crippen MR) is 175 cm³/mol. The Balaban J connectivity index is 1.12. The van der Waals surface area contributed by atoms with Gasteiger partial charge in [0.1, 0.15) is 0 Å². The van der Waals surface area contributed by atoms with Gasteiger partial charge < -0.3 is 20.2 Å². The average Bonchev–Trinajstić information content (AvgIpc) is 3.45. The van der Waals surface area contributed by atoms with Gasteiger partial charge in [-0.2, -0.15) is 0 Å². The van der Waals surface area contributed by atoms with Crippen molar-refractivity contribution < 1.29 is 19.5 Å². The lowest BCUT2D eigenvalue weighted by atomic mass is 9.35. The third kappa shape index (κ3) is 4.49. The number of rotatable bonds is 3. The molecule has 7 atom stereocenters. The maximum absolute atomic E-state index is 13.5. The highest BCUT2D eigenvalue weighted by molar-refractivity contribution is 6.35. The van der Waals surface area contributed by atoms with E-state index >= 15 is 0 Å². The highest BCUT2D eigenvalue weighted by Gasteiger charge is 2.67. The maximum Gasteiger partial charge on any atom is 0.311 e. The molecule has 7 rings (SSSR count). The zero-order chi connectivity index (χ0) is 32.2. The summed E-state index contributed by atoms with van der Waals surface area (Å²) in [5.41, 5.74) is 3.56. The largest absolute Gasteiger partial charge is 0.504 e. The lowest BCUT2D eigenvalue weighted by Gasteiger charge is -2.70. The van der Waals surface area contributed by atoms with Crippen molar-refractivity contribution in [3.8, 4) is 0 Å². The Morgan fingerprint density at radius 1 is 0.978 bits per heavy atom. The van der Waals surface area contributed by atoms with Crippen molar-refractivity contribution in [1.29, 1.82) is 0 Å². The molecule has 5 aliphatic carbocycles. The van der Waals surface area contributed by atoms with Crippen LogP contribution in [0.15, 0.2) is 46.3 Å². The Hall–Kier alpha value is -2.67. The minimum absolute atomic E-state index is 0.00159. The van der Waals surface area contributed by atoms with Crippen LogP contribution in [0.2, 0.25) is 0 Å². The lowest BCUT2D eigenvalue weighted by molar-refractivity contribution is -0.159. The first kappa shape index (κ1) is 31.0. The van der Waals surface area contributed by atoms with Gasteiger partial charge in [-0.05, 0) is 130 Å². The number of hydrogen-bond acceptors (Lipinski definition) is 5. The number of carbonyl (C=O) groups is 3. The molecule has 0 aromatic carbocycles. The van der Waals surface area contributed by atoms with E-state index < -0.39 is 11.4 Å². The number of ketones is 1. The summed E-state index contributed by atoms with van der Waals surface area (Å²) in [7, 11) is 0. The van der Waals surface area contributed by atoms with Crippen molar-refractivity contribution in [2.45, 2.75) is 105 Å². The monoisotopic (exact) mass is 615 g/mol. The van der Waals surface area contributed by atoms with Gasteiger partial charge in [-0.25, -0.2) is 0 Å². The summed E-state index contributed by atoms with van der Waals surface area (Å²) in [5.74, 6) is -0.356. The van der Waals surface area contributed by atoms with Crippen LogP contribution in [0.3, 0.4) is 0 Å². The molecule has 0 radical (unpaired) electrons. The van der Waals surface area contributed by atoms with Gasteiger partial charge >= 0.3 is 11.8 Å². The molecule has 0 bridgehead atoms. The van der Waals surface area contributed by atoms with E-state index in [0.717, 1.165) is 82.1 Å². The molecule has 7 aliphatic rings. The molecular weight excluding hydrogens is 562 g/mol. The van der Waals surface area contributed by atoms with Crippen LogP contribution in [0.5, 0.6) is 0 Å². The first-order valence-corrected chi connectivity index (χ1v) is 17.6. The van der Waals surface area contributed by atoms with Crippen LogP contribution >= 0.6 is 0 Å². The molecule has 0 aromatic rings. The molecule has 1 unspecified atom stereocenters. The second-order valence-corrected chi connectivity index (χ2v) is 17.1. The predicted octanol–water partition coefficient (Wildman–Crippen LogP) is 6.04. The summed E-state index contributed by atoms with van der Waals surface area (Å²) in [6.07, 6.45) is 15.4. The molecule has 0 aromatic heterocycles. The Labute approximate surface area is 269 Å². The van der Waals surface area contributed by atoms with Gasteiger partial charge in [0.2, 0.25) is 5.78 Å². The molecule has 45 heavy (non-hydrogen) atoms. The number of hydrogen-bond donors (Lipinski definition) is 2. The summed E-state index contributed by atoms with van der Waals surface area (Å²) < 4.78 is 0. The van der Waals surface area contributed by atoms with E-state index in [2.05, 4.69) is 57.0 Å². The third-order valence-electron chi connectivity index (χ3n) is 14.5. The average molecular weight is 616 g/mol. The van der Waals surface area contributed by atoms with E-state index in [9.17, 15) is 19.5 Å². The third-order valence-corrected chi connectivity index (χ3v) is 14.5. The zero-order valence-electron chi connectivity index (χ0n) is 28.4. The fourth-order valence-electron chi connectivity index (χ4n) is 11.1. The molecule has 2 N–H and O–H groups in total. The molecule has 244 valence electrons. The Morgan fingerprint density at radius 2 is 1.71 bits per heavy atom. The molecule has 2 amide bonds. The van der Waals surface area contributed by atoms with E-state index in [1.165, 1.54) is 12.0 Å². The molecule has 2 saturated heterocycles. The highest BCUT2D eigenvalue weighted by Crippen LogP contribution is 2.75. The molecule has 0 spiro atoms. The van der Waals surface area contributed by atoms with Crippen molar-refractivity contribution in [2.75, 3.05) is 32.7 Å². The Kier molecular flexibility index (Phi) is 6.99. The van der Waals surface area contributed by atoms with Crippen molar-refractivity contribution in [1.82, 2.24) is 15.1 Å². The topological polar surface area (TPSA) is 89.9 Å². The second-order valence-electron chi connectivity index (χ2n) is 17.1. The van der Waals surface area contributed by atoms with E-state index in [-0.39, 0.29) is 39.1 Å². The minimum Gasteiger partial charge on any atom is -0.504 e. The van der Waals surface area contributed by atoms with E-state index in [1.807, 2.05) is 6.92 Å². The highest BCUT2D eigenvalue weighted by atomic mass is 16.3. The van der Waals surface area contributed by atoms with Gasteiger partial charge in [0.05, 0.1) is 0 Å². The van der Waals surface area contributed by atoms with E-state index in [0.29, 0.717) is 30.5 Å². The fourth-order valence-corrected chi connectivity index (χ4v) is 11.1. The van der Waals surface area contributed by atoms with Gasteiger partial charge in [0, 0.05) is 36.2 Å². The minimum atomic E-state index is -0.432. The van der Waals surface area contributed by atoms with Gasteiger partial charge in [-0.15, -0.1) is 0 Å². The van der Waals surface area contributed by atoms with E-state index in [4.69, 9.17) is 0 Å². The van der Waals surface area contributed by atoms with Crippen molar-refractivity contribution >= 4 is 17.6 Å². The lowest BCUT2D eigenvalue weighted by Crippen LogP contribution is -2.64. The van der Waals surface area contributed by atoms with Crippen molar-refractivity contribution in [3.63, 3.8) is 0 Å². The summed E-state index contributed by atoms with van der Waals surface area (Å²) in [4.78, 5) is 43.9. The number of likely N-dealkylation sites (tertiary alicyclic amines) is 2. The van der Waals surface area contributed by atoms with Crippen LogP contribution in [0.1, 0.15) is 99.3 Å². The number of aliphatic hydroxyl groups is 1. The van der Waals surface area contributed by atoms with Gasteiger partial charge in [0.15, 0.2) is 5.76 Å². The SMILES string of the molecule is CC1=C(O)C(=O)C=C2C1=CC=C1[C@@]2(C)CC[C@@]2(C)C3C[C@](C)(NC(=O)C(=O)N4CC[C@@H](CN5CCC5)C4)CC[C@]3(C)CC[C@]12C. The second kappa shape index (κ2) is 10.2. The van der Waals surface area contributed by atoms with Crippen LogP contribution in [0.4, 0.5) is 0 Å². The zero-order valence-corrected chi connectivity index (χ0v) is 28.4. The fraction of sp³-hybridized carbons (Fsp3) is 0.711. The first-order chi connectivity index (χ1) is 21.1. The summed E-state index contributed by atoms with van der Waals surface area (Å²) in [6, 6.07) is 0. The Morgan fingerprint density at radius 3 is 2.42 bits per heavy atom. The maximum atomic E-state index is 13.5. The number of nitrogens with zero attached hydrogens (tertiary/aromatic N) is 2. The van der Waals surface area contributed by atoms with Crippen LogP contribution in [-0.2, 0) is 14.4 Å². The summed E-state index contributed by atoms with van der Waals surface area (Å²) in [6.45, 7) is 18.5. The number of carbonyl (C=O) groups excluding carboxylic acids is 3. The van der Waals surface area contributed by atoms with Gasteiger partial charge in [0.25, 0.3) is 0 Å². The van der Waals surface area contributed by atoms with Crippen LogP contribution < -0.4 is 5.32 Å². The van der Waals surface area contributed by atoms with Crippen LogP contribution in [0.25, 0.3) is 0 Å². The number of amides is 2. The van der Waals surface area contributed by atoms with Crippen LogP contribution in [0, 0.1) is 33.5 Å². The molecule has 7 nitrogen and oxygen atoms in total. The molecular formula is C38H53N3O4. The van der Waals surface area contributed by atoms with Gasteiger partial charge in [-0.3, -0.25) is 14.4 Å². The first-order valence-electron chi connectivity index (χ1n) is 17.6. The normalized spacial score (nSPS) is 42.8. The molecule has 2 heterocycles. The molecule has 2 aliphatic heterocycles. The summed E-state index contributed by atoms with van der Waals surface area (Å²) in [5, 5.41) is 13.7. The number of fused-ring (bicyclic) bond motifs is 7. The van der Waals surface area contributed by atoms with E-state index in [1.54, 1.807) is 11.0 Å².